The van der Waals surface area contributed by atoms with Crippen LogP contribution in [0.1, 0.15) is 32.6 Å². The number of hydrogen-bond donors (Lipinski definition) is 1. The van der Waals surface area contributed by atoms with Crippen molar-refractivity contribution in [2.24, 2.45) is 11.3 Å². The minimum absolute atomic E-state index is 0.314. The van der Waals surface area contributed by atoms with E-state index in [1.165, 1.54) is 51.9 Å². The highest BCUT2D eigenvalue weighted by Crippen LogP contribution is 2.60. The van der Waals surface area contributed by atoms with Crippen LogP contribution in [0.25, 0.3) is 0 Å². The fraction of sp³-hybridized carbons (Fsp3) is 1.00. The fourth-order valence-electron chi connectivity index (χ4n) is 4.13. The maximum atomic E-state index is 8.98. The zero-order valence-corrected chi connectivity index (χ0v) is 11.1. The van der Waals surface area contributed by atoms with Crippen LogP contribution in [0, 0.1) is 11.3 Å². The molecule has 0 aromatic heterocycles. The molecule has 2 heterocycles. The Balaban J connectivity index is 1.51. The summed E-state index contributed by atoms with van der Waals surface area (Å²) in [5.74, 6) is 1.01. The minimum atomic E-state index is 0.314. The van der Waals surface area contributed by atoms with E-state index in [4.69, 9.17) is 5.11 Å². The van der Waals surface area contributed by atoms with Crippen LogP contribution in [-0.4, -0.2) is 60.3 Å². The lowest BCUT2D eigenvalue weighted by molar-refractivity contribution is 0.123. The summed E-state index contributed by atoms with van der Waals surface area (Å²) in [5, 5.41) is 8.98. The molecule has 17 heavy (non-hydrogen) atoms. The van der Waals surface area contributed by atoms with Gasteiger partial charge in [0.25, 0.3) is 0 Å². The average molecular weight is 238 g/mol. The van der Waals surface area contributed by atoms with E-state index in [9.17, 15) is 0 Å². The predicted octanol–water partition coefficient (Wildman–Crippen LogP) is 1.18. The summed E-state index contributed by atoms with van der Waals surface area (Å²) in [6.07, 6.45) is 5.64. The number of aliphatic hydroxyl groups excluding tert-OH is 1. The van der Waals surface area contributed by atoms with Crippen molar-refractivity contribution in [3.05, 3.63) is 0 Å². The summed E-state index contributed by atoms with van der Waals surface area (Å²) in [4.78, 5) is 5.15. The smallest absolute Gasteiger partial charge is 0.0558 e. The molecule has 2 aliphatic heterocycles. The third-order valence-corrected chi connectivity index (χ3v) is 5.59. The number of rotatable bonds is 4. The Morgan fingerprint density at radius 2 is 2.18 bits per heavy atom. The van der Waals surface area contributed by atoms with E-state index in [0.29, 0.717) is 6.61 Å². The second kappa shape index (κ2) is 4.52. The summed E-state index contributed by atoms with van der Waals surface area (Å²) in [7, 11) is 0. The first-order valence-corrected chi connectivity index (χ1v) is 7.35. The second-order valence-corrected chi connectivity index (χ2v) is 6.33. The van der Waals surface area contributed by atoms with E-state index in [2.05, 4.69) is 16.7 Å². The van der Waals surface area contributed by atoms with Gasteiger partial charge < -0.3 is 5.11 Å². The van der Waals surface area contributed by atoms with E-state index in [-0.39, 0.29) is 0 Å². The van der Waals surface area contributed by atoms with Crippen LogP contribution in [0.15, 0.2) is 0 Å². The minimum Gasteiger partial charge on any atom is -0.395 e. The maximum absolute atomic E-state index is 8.98. The Morgan fingerprint density at radius 3 is 2.88 bits per heavy atom. The molecule has 3 aliphatic rings. The van der Waals surface area contributed by atoms with Crippen LogP contribution >= 0.6 is 0 Å². The number of hydrogen-bond acceptors (Lipinski definition) is 3. The molecule has 0 aromatic carbocycles. The molecule has 3 rings (SSSR count). The molecule has 1 aliphatic carbocycles. The summed E-state index contributed by atoms with van der Waals surface area (Å²) >= 11 is 0. The van der Waals surface area contributed by atoms with Crippen LogP contribution in [0.3, 0.4) is 0 Å². The number of β-amino-alcohol motifs (C(OH)–C–C–N with tert-alkyl or cyclic N) is 1. The van der Waals surface area contributed by atoms with Gasteiger partial charge in [-0.15, -0.1) is 0 Å². The Hall–Kier alpha value is -0.120. The highest BCUT2D eigenvalue weighted by molar-refractivity contribution is 5.06. The average Bonchev–Trinajstić information content (AvgIpc) is 2.91. The van der Waals surface area contributed by atoms with E-state index >= 15 is 0 Å². The molecule has 3 atom stereocenters. The van der Waals surface area contributed by atoms with Crippen molar-refractivity contribution in [3.8, 4) is 0 Å². The topological polar surface area (TPSA) is 26.7 Å². The van der Waals surface area contributed by atoms with Gasteiger partial charge in [-0.05, 0) is 43.7 Å². The van der Waals surface area contributed by atoms with Crippen LogP contribution in [-0.2, 0) is 0 Å². The summed E-state index contributed by atoms with van der Waals surface area (Å²) < 4.78 is 0. The molecule has 2 saturated heterocycles. The van der Waals surface area contributed by atoms with Gasteiger partial charge in [-0.3, -0.25) is 9.80 Å². The largest absolute Gasteiger partial charge is 0.395 e. The van der Waals surface area contributed by atoms with Crippen molar-refractivity contribution in [3.63, 3.8) is 0 Å². The van der Waals surface area contributed by atoms with E-state index in [1.54, 1.807) is 0 Å². The van der Waals surface area contributed by atoms with Crippen molar-refractivity contribution in [1.29, 1.82) is 0 Å². The molecular formula is C14H26N2O. The lowest BCUT2D eigenvalue weighted by atomic mass is 9.91. The predicted molar refractivity (Wildman–Crippen MR) is 69.0 cm³/mol. The first-order valence-electron chi connectivity index (χ1n) is 7.35. The van der Waals surface area contributed by atoms with Gasteiger partial charge in [0.2, 0.25) is 0 Å². The summed E-state index contributed by atoms with van der Waals surface area (Å²) in [5.41, 5.74) is 0.764. The van der Waals surface area contributed by atoms with Gasteiger partial charge in [0.1, 0.15) is 0 Å². The Morgan fingerprint density at radius 1 is 1.29 bits per heavy atom. The molecule has 0 bridgehead atoms. The standard InChI is InChI=1S/C14H26N2O/c1-2-14-4-6-16(10-12(14)9-14)13-3-5-15(11-13)7-8-17/h12-13,17H,2-11H2,1H3. The van der Waals surface area contributed by atoms with Gasteiger partial charge in [-0.2, -0.15) is 0 Å². The molecule has 3 heteroatoms. The van der Waals surface area contributed by atoms with E-state index in [1.807, 2.05) is 0 Å². The molecule has 1 N–H and O–H groups in total. The van der Waals surface area contributed by atoms with Gasteiger partial charge >= 0.3 is 0 Å². The molecule has 1 saturated carbocycles. The van der Waals surface area contributed by atoms with Crippen molar-refractivity contribution in [1.82, 2.24) is 9.80 Å². The maximum Gasteiger partial charge on any atom is 0.0558 e. The normalized spacial score (nSPS) is 42.7. The van der Waals surface area contributed by atoms with Crippen LogP contribution in [0.5, 0.6) is 0 Å². The fourth-order valence-corrected chi connectivity index (χ4v) is 4.13. The molecule has 3 nitrogen and oxygen atoms in total. The number of likely N-dealkylation sites (tertiary alicyclic amines) is 2. The van der Waals surface area contributed by atoms with Crippen molar-refractivity contribution >= 4 is 0 Å². The molecule has 0 amide bonds. The van der Waals surface area contributed by atoms with Crippen molar-refractivity contribution in [2.75, 3.05) is 39.3 Å². The number of aliphatic hydroxyl groups is 1. The van der Waals surface area contributed by atoms with E-state index in [0.717, 1.165) is 23.9 Å². The molecule has 0 aromatic rings. The first kappa shape index (κ1) is 11.9. The zero-order chi connectivity index (χ0) is 11.9. The van der Waals surface area contributed by atoms with Gasteiger partial charge in [0.05, 0.1) is 6.61 Å². The highest BCUT2D eigenvalue weighted by Gasteiger charge is 2.55. The lowest BCUT2D eigenvalue weighted by Gasteiger charge is -2.35. The Bertz CT molecular complexity index is 283. The van der Waals surface area contributed by atoms with Gasteiger partial charge in [0, 0.05) is 25.7 Å². The Kier molecular flexibility index (Phi) is 3.18. The quantitative estimate of drug-likeness (QED) is 0.796. The zero-order valence-electron chi connectivity index (χ0n) is 11.1. The molecular weight excluding hydrogens is 212 g/mol. The number of nitrogens with zero attached hydrogens (tertiary/aromatic N) is 2. The SMILES string of the molecule is CCC12CCN(C3CCN(CCO)C3)CC1C2. The van der Waals surface area contributed by atoms with Crippen LogP contribution in [0.2, 0.25) is 0 Å². The molecule has 0 spiro atoms. The van der Waals surface area contributed by atoms with Crippen molar-refractivity contribution in [2.45, 2.75) is 38.6 Å². The molecule has 3 fully saturated rings. The lowest BCUT2D eigenvalue weighted by Crippen LogP contribution is -2.43. The van der Waals surface area contributed by atoms with Gasteiger partial charge in [-0.25, -0.2) is 0 Å². The van der Waals surface area contributed by atoms with Gasteiger partial charge in [-0.1, -0.05) is 13.3 Å². The Labute approximate surface area is 105 Å². The highest BCUT2D eigenvalue weighted by atomic mass is 16.3. The second-order valence-electron chi connectivity index (χ2n) is 6.33. The number of piperidine rings is 1. The summed E-state index contributed by atoms with van der Waals surface area (Å²) in [6.45, 7) is 8.60. The van der Waals surface area contributed by atoms with Crippen molar-refractivity contribution < 1.29 is 5.11 Å². The molecule has 3 unspecified atom stereocenters. The molecule has 98 valence electrons. The van der Waals surface area contributed by atoms with Gasteiger partial charge in [0.15, 0.2) is 0 Å². The van der Waals surface area contributed by atoms with Crippen LogP contribution < -0.4 is 0 Å². The first-order chi connectivity index (χ1) is 8.27. The summed E-state index contributed by atoms with van der Waals surface area (Å²) in [6, 6.07) is 0.775. The third kappa shape index (κ3) is 2.13. The molecule has 0 radical (unpaired) electrons. The monoisotopic (exact) mass is 238 g/mol. The van der Waals surface area contributed by atoms with E-state index < -0.39 is 0 Å². The van der Waals surface area contributed by atoms with Crippen LogP contribution in [0.4, 0.5) is 0 Å². The third-order valence-electron chi connectivity index (χ3n) is 5.59. The number of fused-ring (bicyclic) bond motifs is 1.